The van der Waals surface area contributed by atoms with Gasteiger partial charge in [-0.1, -0.05) is 34.8 Å². The zero-order valence-corrected chi connectivity index (χ0v) is 14.5. The van der Waals surface area contributed by atoms with Crippen LogP contribution in [0, 0.1) is 24.0 Å². The van der Waals surface area contributed by atoms with Gasteiger partial charge in [0, 0.05) is 17.0 Å². The predicted octanol–water partition coefficient (Wildman–Crippen LogP) is 4.53. The monoisotopic (exact) mass is 359 g/mol. The Hall–Kier alpha value is -2.58. The minimum absolute atomic E-state index is 0.0483. The molecule has 2 aromatic heterocycles. The lowest BCUT2D eigenvalue weighted by atomic mass is 10.1. The van der Waals surface area contributed by atoms with Gasteiger partial charge in [0.2, 0.25) is 5.91 Å². The highest BCUT2D eigenvalue weighted by Gasteiger charge is 2.11. The number of thiazole rings is 1. The number of amides is 1. The number of benzene rings is 1. The number of aryl methyl sites for hydroxylation is 2. The summed E-state index contributed by atoms with van der Waals surface area (Å²) < 4.78 is 1.06. The van der Waals surface area contributed by atoms with Crippen molar-refractivity contribution in [3.05, 3.63) is 56.5 Å². The molecule has 0 saturated heterocycles. The second-order valence-electron chi connectivity index (χ2n) is 5.15. The van der Waals surface area contributed by atoms with Crippen LogP contribution < -0.4 is 5.32 Å². The van der Waals surface area contributed by atoms with Crippen LogP contribution in [0.3, 0.4) is 0 Å². The highest BCUT2D eigenvalue weighted by molar-refractivity contribution is 7.22. The Balaban J connectivity index is 1.74. The van der Waals surface area contributed by atoms with Crippen LogP contribution in [-0.2, 0) is 4.79 Å². The van der Waals surface area contributed by atoms with Gasteiger partial charge in [0.1, 0.15) is 0 Å². The standard InChI is InChI=1S/C16H13N3O3S2/c1-9-3-4-10(2)15-14(9)18-16(24-15)17-12(20)7-5-11-6-8-13(23-11)19(21)22/h3-8H,1-2H3,(H,17,18,20)/b7-5+. The van der Waals surface area contributed by atoms with Crippen LogP contribution in [0.2, 0.25) is 0 Å². The molecule has 1 aromatic carbocycles. The summed E-state index contributed by atoms with van der Waals surface area (Å²) in [6.45, 7) is 3.99. The van der Waals surface area contributed by atoms with E-state index in [1.54, 1.807) is 12.1 Å². The molecule has 0 unspecified atom stereocenters. The maximum atomic E-state index is 12.0. The second kappa shape index (κ2) is 6.50. The van der Waals surface area contributed by atoms with Gasteiger partial charge in [0.25, 0.3) is 0 Å². The number of rotatable bonds is 4. The first kappa shape index (κ1) is 16.3. The highest BCUT2D eigenvalue weighted by atomic mass is 32.1. The zero-order valence-electron chi connectivity index (χ0n) is 12.9. The number of carbonyl (C=O) groups excluding carboxylic acids is 1. The minimum atomic E-state index is -0.451. The van der Waals surface area contributed by atoms with Gasteiger partial charge in [0.05, 0.1) is 15.1 Å². The van der Waals surface area contributed by atoms with Crippen LogP contribution in [0.4, 0.5) is 10.1 Å². The minimum Gasteiger partial charge on any atom is -0.298 e. The van der Waals surface area contributed by atoms with Crippen molar-refractivity contribution in [3.63, 3.8) is 0 Å². The van der Waals surface area contributed by atoms with E-state index in [0.29, 0.717) is 10.0 Å². The maximum Gasteiger partial charge on any atom is 0.324 e. The van der Waals surface area contributed by atoms with Gasteiger partial charge in [-0.05, 0) is 37.1 Å². The zero-order chi connectivity index (χ0) is 17.3. The fourth-order valence-corrected chi connectivity index (χ4v) is 3.89. The quantitative estimate of drug-likeness (QED) is 0.421. The smallest absolute Gasteiger partial charge is 0.298 e. The van der Waals surface area contributed by atoms with E-state index < -0.39 is 4.92 Å². The van der Waals surface area contributed by atoms with Gasteiger partial charge >= 0.3 is 5.00 Å². The van der Waals surface area contributed by atoms with Crippen molar-refractivity contribution in [3.8, 4) is 0 Å². The Labute approximate surface area is 145 Å². The van der Waals surface area contributed by atoms with Crippen LogP contribution in [0.5, 0.6) is 0 Å². The van der Waals surface area contributed by atoms with Crippen molar-refractivity contribution in [2.45, 2.75) is 13.8 Å². The summed E-state index contributed by atoms with van der Waals surface area (Å²) in [6.07, 6.45) is 2.90. The Bertz CT molecular complexity index is 933. The summed E-state index contributed by atoms with van der Waals surface area (Å²) in [4.78, 5) is 27.3. The highest BCUT2D eigenvalue weighted by Crippen LogP contribution is 2.31. The third-order valence-corrected chi connectivity index (χ3v) is 5.47. The summed E-state index contributed by atoms with van der Waals surface area (Å²) in [5.41, 5.74) is 3.08. The van der Waals surface area contributed by atoms with Crippen LogP contribution in [0.25, 0.3) is 16.3 Å². The first-order chi connectivity index (χ1) is 11.4. The number of nitro groups is 1. The molecule has 0 saturated carbocycles. The van der Waals surface area contributed by atoms with Crippen LogP contribution >= 0.6 is 22.7 Å². The van der Waals surface area contributed by atoms with E-state index in [0.717, 1.165) is 32.7 Å². The normalized spacial score (nSPS) is 11.2. The maximum absolute atomic E-state index is 12.0. The molecule has 1 amide bonds. The first-order valence-corrected chi connectivity index (χ1v) is 8.67. The number of hydrogen-bond donors (Lipinski definition) is 1. The largest absolute Gasteiger partial charge is 0.324 e. The molecule has 0 spiro atoms. The summed E-state index contributed by atoms with van der Waals surface area (Å²) >= 11 is 2.45. The number of anilines is 1. The van der Waals surface area contributed by atoms with E-state index in [2.05, 4.69) is 10.3 Å². The molecule has 0 aliphatic carbocycles. The van der Waals surface area contributed by atoms with Gasteiger partial charge in [-0.2, -0.15) is 0 Å². The number of fused-ring (bicyclic) bond motifs is 1. The van der Waals surface area contributed by atoms with E-state index >= 15 is 0 Å². The molecule has 0 aliphatic rings. The number of hydrogen-bond acceptors (Lipinski definition) is 6. The van der Waals surface area contributed by atoms with E-state index in [4.69, 9.17) is 0 Å². The molecule has 122 valence electrons. The van der Waals surface area contributed by atoms with E-state index in [9.17, 15) is 14.9 Å². The number of aromatic nitrogens is 1. The fourth-order valence-electron chi connectivity index (χ4n) is 2.15. The molecule has 2 heterocycles. The van der Waals surface area contributed by atoms with Crippen molar-refractivity contribution in [2.24, 2.45) is 0 Å². The predicted molar refractivity (Wildman–Crippen MR) is 97.7 cm³/mol. The molecule has 0 radical (unpaired) electrons. The van der Waals surface area contributed by atoms with Crippen LogP contribution in [-0.4, -0.2) is 15.8 Å². The van der Waals surface area contributed by atoms with E-state index in [-0.39, 0.29) is 10.9 Å². The summed E-state index contributed by atoms with van der Waals surface area (Å²) in [5, 5.41) is 14.0. The number of nitrogens with zero attached hydrogens (tertiary/aromatic N) is 2. The first-order valence-electron chi connectivity index (χ1n) is 7.04. The summed E-state index contributed by atoms with van der Waals surface area (Å²) in [7, 11) is 0. The van der Waals surface area contributed by atoms with Crippen molar-refractivity contribution < 1.29 is 9.72 Å². The average molecular weight is 359 g/mol. The lowest BCUT2D eigenvalue weighted by molar-refractivity contribution is -0.380. The van der Waals surface area contributed by atoms with Crippen molar-refractivity contribution in [1.82, 2.24) is 4.98 Å². The molecule has 24 heavy (non-hydrogen) atoms. The van der Waals surface area contributed by atoms with Crippen LogP contribution in [0.15, 0.2) is 30.3 Å². The number of carbonyl (C=O) groups is 1. The molecule has 3 rings (SSSR count). The topological polar surface area (TPSA) is 85.1 Å². The summed E-state index contributed by atoms with van der Waals surface area (Å²) in [5.74, 6) is -0.319. The molecule has 1 N–H and O–H groups in total. The van der Waals surface area contributed by atoms with Gasteiger partial charge in [0.15, 0.2) is 5.13 Å². The van der Waals surface area contributed by atoms with Crippen molar-refractivity contribution >= 4 is 55.0 Å². The molecular formula is C16H13N3O3S2. The lowest BCUT2D eigenvalue weighted by Crippen LogP contribution is -2.07. The van der Waals surface area contributed by atoms with Gasteiger partial charge in [-0.3, -0.25) is 20.2 Å². The molecule has 0 atom stereocenters. The Morgan fingerprint density at radius 1 is 1.21 bits per heavy atom. The third kappa shape index (κ3) is 3.34. The van der Waals surface area contributed by atoms with Crippen molar-refractivity contribution in [1.29, 1.82) is 0 Å². The van der Waals surface area contributed by atoms with E-state index in [1.165, 1.54) is 23.5 Å². The SMILES string of the molecule is Cc1ccc(C)c2sc(NC(=O)/C=C/c3ccc([N+](=O)[O-])s3)nc12. The Morgan fingerprint density at radius 3 is 2.62 bits per heavy atom. The van der Waals surface area contributed by atoms with Gasteiger partial charge in [-0.25, -0.2) is 4.98 Å². The second-order valence-corrected chi connectivity index (χ2v) is 7.24. The Kier molecular flexibility index (Phi) is 4.41. The van der Waals surface area contributed by atoms with Crippen molar-refractivity contribution in [2.75, 3.05) is 5.32 Å². The van der Waals surface area contributed by atoms with Gasteiger partial charge < -0.3 is 0 Å². The lowest BCUT2D eigenvalue weighted by Gasteiger charge is -1.96. The molecule has 0 fully saturated rings. The van der Waals surface area contributed by atoms with Gasteiger partial charge in [-0.15, -0.1) is 0 Å². The molecule has 6 nitrogen and oxygen atoms in total. The number of thiophene rings is 1. The molecule has 0 bridgehead atoms. The fraction of sp³-hybridized carbons (Fsp3) is 0.125. The molecule has 3 aromatic rings. The average Bonchev–Trinajstić information content (AvgIpc) is 3.16. The van der Waals surface area contributed by atoms with E-state index in [1.807, 2.05) is 26.0 Å². The number of nitrogens with one attached hydrogen (secondary N) is 1. The Morgan fingerprint density at radius 2 is 1.96 bits per heavy atom. The van der Waals surface area contributed by atoms with Crippen LogP contribution in [0.1, 0.15) is 16.0 Å². The molecule has 8 heteroatoms. The third-order valence-electron chi connectivity index (χ3n) is 3.36. The summed E-state index contributed by atoms with van der Waals surface area (Å²) in [6, 6.07) is 7.07. The molecule has 0 aliphatic heterocycles. The molecular weight excluding hydrogens is 346 g/mol.